The van der Waals surface area contributed by atoms with Crippen LogP contribution in [-0.2, 0) is 0 Å². The summed E-state index contributed by atoms with van der Waals surface area (Å²) in [4.78, 5) is 11.3. The van der Waals surface area contributed by atoms with E-state index in [9.17, 15) is 0 Å². The second-order valence-electron chi connectivity index (χ2n) is 7.38. The number of piperidine rings is 1. The summed E-state index contributed by atoms with van der Waals surface area (Å²) in [7, 11) is 0. The lowest BCUT2D eigenvalue weighted by Gasteiger charge is -2.32. The van der Waals surface area contributed by atoms with Crippen molar-refractivity contribution in [1.82, 2.24) is 9.97 Å². The van der Waals surface area contributed by atoms with Gasteiger partial charge in [0.2, 0.25) is 5.95 Å². The first kappa shape index (κ1) is 17.5. The molecule has 0 atom stereocenters. The van der Waals surface area contributed by atoms with Gasteiger partial charge in [0.25, 0.3) is 0 Å². The maximum Gasteiger partial charge on any atom is 0.229 e. The number of aromatic nitrogens is 2. The fourth-order valence-electron chi connectivity index (χ4n) is 2.98. The zero-order valence-electron chi connectivity index (χ0n) is 15.5. The highest BCUT2D eigenvalue weighted by Gasteiger charge is 2.15. The van der Waals surface area contributed by atoms with Crippen LogP contribution in [0.3, 0.4) is 0 Å². The maximum atomic E-state index is 4.52. The van der Waals surface area contributed by atoms with E-state index in [4.69, 9.17) is 0 Å². The molecule has 0 amide bonds. The van der Waals surface area contributed by atoms with Crippen LogP contribution in [0, 0.1) is 11.8 Å². The first-order chi connectivity index (χ1) is 12.1. The standard InChI is InChI=1S/C20H29N5/c1-15(2)14-22-19-8-11-21-20(24-19)23-17-4-6-18(7-5-17)25-12-9-16(3)10-13-25/h4-8,11,15-16H,9-10,12-14H2,1-3H3,(H2,21,22,23,24). The Bertz CT molecular complexity index is 660. The van der Waals surface area contributed by atoms with E-state index in [-0.39, 0.29) is 0 Å². The number of hydrogen-bond acceptors (Lipinski definition) is 5. The van der Waals surface area contributed by atoms with Gasteiger partial charge in [-0.25, -0.2) is 4.98 Å². The predicted molar refractivity (Wildman–Crippen MR) is 106 cm³/mol. The molecule has 1 aromatic heterocycles. The minimum atomic E-state index is 0.580. The summed E-state index contributed by atoms with van der Waals surface area (Å²) in [5.74, 6) is 2.90. The topological polar surface area (TPSA) is 53.1 Å². The van der Waals surface area contributed by atoms with Crippen LogP contribution in [0.5, 0.6) is 0 Å². The van der Waals surface area contributed by atoms with Gasteiger partial charge in [-0.1, -0.05) is 20.8 Å². The van der Waals surface area contributed by atoms with Crippen molar-refractivity contribution in [2.45, 2.75) is 33.6 Å². The molecule has 5 heteroatoms. The van der Waals surface area contributed by atoms with Crippen molar-refractivity contribution in [3.63, 3.8) is 0 Å². The molecule has 3 rings (SSSR count). The average molecular weight is 339 g/mol. The molecule has 2 heterocycles. The molecule has 134 valence electrons. The number of benzene rings is 1. The number of rotatable bonds is 6. The molecule has 1 aliphatic rings. The van der Waals surface area contributed by atoms with Gasteiger partial charge in [0.1, 0.15) is 5.82 Å². The minimum absolute atomic E-state index is 0.580. The lowest BCUT2D eigenvalue weighted by Crippen LogP contribution is -2.32. The van der Waals surface area contributed by atoms with Crippen LogP contribution in [0.25, 0.3) is 0 Å². The largest absolute Gasteiger partial charge is 0.372 e. The molecule has 0 saturated carbocycles. The predicted octanol–water partition coefficient (Wildman–Crippen LogP) is 4.52. The lowest BCUT2D eigenvalue weighted by molar-refractivity contribution is 0.438. The van der Waals surface area contributed by atoms with Crippen LogP contribution in [0.1, 0.15) is 33.6 Å². The molecular formula is C20H29N5. The summed E-state index contributed by atoms with van der Waals surface area (Å²) >= 11 is 0. The van der Waals surface area contributed by atoms with Crippen LogP contribution in [0.4, 0.5) is 23.1 Å². The number of nitrogens with zero attached hydrogens (tertiary/aromatic N) is 3. The zero-order chi connectivity index (χ0) is 17.6. The molecule has 0 radical (unpaired) electrons. The molecule has 25 heavy (non-hydrogen) atoms. The monoisotopic (exact) mass is 339 g/mol. The van der Waals surface area contributed by atoms with Gasteiger partial charge >= 0.3 is 0 Å². The third-order valence-corrected chi connectivity index (χ3v) is 4.62. The Hall–Kier alpha value is -2.30. The zero-order valence-corrected chi connectivity index (χ0v) is 15.5. The van der Waals surface area contributed by atoms with E-state index in [2.05, 4.69) is 70.5 Å². The molecule has 1 aromatic carbocycles. The minimum Gasteiger partial charge on any atom is -0.372 e. The van der Waals surface area contributed by atoms with Gasteiger partial charge in [0.15, 0.2) is 0 Å². The molecule has 0 spiro atoms. The summed E-state index contributed by atoms with van der Waals surface area (Å²) in [5.41, 5.74) is 2.31. The smallest absolute Gasteiger partial charge is 0.229 e. The summed E-state index contributed by atoms with van der Waals surface area (Å²) in [6.45, 7) is 9.91. The summed E-state index contributed by atoms with van der Waals surface area (Å²) in [5, 5.41) is 6.62. The molecule has 0 aliphatic carbocycles. The second kappa shape index (κ2) is 8.19. The van der Waals surface area contributed by atoms with E-state index in [1.54, 1.807) is 6.20 Å². The molecule has 0 bridgehead atoms. The molecule has 1 aliphatic heterocycles. The Morgan fingerprint density at radius 1 is 1.12 bits per heavy atom. The van der Waals surface area contributed by atoms with Crippen LogP contribution >= 0.6 is 0 Å². The molecule has 2 N–H and O–H groups in total. The Morgan fingerprint density at radius 2 is 1.84 bits per heavy atom. The maximum absolute atomic E-state index is 4.52. The van der Waals surface area contributed by atoms with Gasteiger partial charge in [-0.05, 0) is 55.0 Å². The lowest BCUT2D eigenvalue weighted by atomic mass is 9.99. The Balaban J connectivity index is 1.60. The molecule has 5 nitrogen and oxygen atoms in total. The van der Waals surface area contributed by atoms with Crippen molar-refractivity contribution in [3.05, 3.63) is 36.5 Å². The van der Waals surface area contributed by atoms with Crippen molar-refractivity contribution in [1.29, 1.82) is 0 Å². The highest BCUT2D eigenvalue weighted by Crippen LogP contribution is 2.25. The van der Waals surface area contributed by atoms with Gasteiger partial charge in [0.05, 0.1) is 0 Å². The second-order valence-corrected chi connectivity index (χ2v) is 7.38. The van der Waals surface area contributed by atoms with Gasteiger partial charge in [-0.15, -0.1) is 0 Å². The van der Waals surface area contributed by atoms with Crippen LogP contribution in [0.2, 0.25) is 0 Å². The van der Waals surface area contributed by atoms with Crippen molar-refractivity contribution in [2.24, 2.45) is 11.8 Å². The highest BCUT2D eigenvalue weighted by molar-refractivity contribution is 5.60. The van der Waals surface area contributed by atoms with Gasteiger partial charge < -0.3 is 15.5 Å². The molecular weight excluding hydrogens is 310 g/mol. The van der Waals surface area contributed by atoms with Gasteiger partial charge in [-0.3, -0.25) is 0 Å². The first-order valence-electron chi connectivity index (χ1n) is 9.29. The average Bonchev–Trinajstić information content (AvgIpc) is 2.62. The van der Waals surface area contributed by atoms with Crippen molar-refractivity contribution < 1.29 is 0 Å². The van der Waals surface area contributed by atoms with Crippen LogP contribution < -0.4 is 15.5 Å². The Morgan fingerprint density at radius 3 is 2.52 bits per heavy atom. The number of nitrogens with one attached hydrogen (secondary N) is 2. The summed E-state index contributed by atoms with van der Waals surface area (Å²) < 4.78 is 0. The van der Waals surface area contributed by atoms with Crippen molar-refractivity contribution in [2.75, 3.05) is 35.2 Å². The number of anilines is 4. The summed E-state index contributed by atoms with van der Waals surface area (Å²) in [6, 6.07) is 10.5. The normalized spacial score (nSPS) is 15.4. The molecule has 1 fully saturated rings. The Kier molecular flexibility index (Phi) is 5.74. The van der Waals surface area contributed by atoms with E-state index in [0.29, 0.717) is 11.9 Å². The highest BCUT2D eigenvalue weighted by atomic mass is 15.1. The molecule has 2 aromatic rings. The molecule has 0 unspecified atom stereocenters. The van der Waals surface area contributed by atoms with Crippen molar-refractivity contribution >= 4 is 23.1 Å². The van der Waals surface area contributed by atoms with E-state index in [0.717, 1.165) is 37.1 Å². The van der Waals surface area contributed by atoms with E-state index in [1.807, 2.05) is 6.07 Å². The number of hydrogen-bond donors (Lipinski definition) is 2. The van der Waals surface area contributed by atoms with Crippen LogP contribution in [-0.4, -0.2) is 29.6 Å². The van der Waals surface area contributed by atoms with E-state index >= 15 is 0 Å². The SMILES string of the molecule is CC(C)CNc1ccnc(Nc2ccc(N3CCC(C)CC3)cc2)n1. The summed E-state index contributed by atoms with van der Waals surface area (Å²) in [6.07, 6.45) is 4.34. The third-order valence-electron chi connectivity index (χ3n) is 4.62. The van der Waals surface area contributed by atoms with Gasteiger partial charge in [-0.2, -0.15) is 4.98 Å². The third kappa shape index (κ3) is 5.08. The Labute approximate surface area is 150 Å². The fraction of sp³-hybridized carbons (Fsp3) is 0.500. The van der Waals surface area contributed by atoms with E-state index < -0.39 is 0 Å². The quantitative estimate of drug-likeness (QED) is 0.810. The van der Waals surface area contributed by atoms with E-state index in [1.165, 1.54) is 18.5 Å². The molecule has 1 saturated heterocycles. The van der Waals surface area contributed by atoms with Gasteiger partial charge in [0, 0.05) is 37.2 Å². The van der Waals surface area contributed by atoms with Crippen molar-refractivity contribution in [3.8, 4) is 0 Å². The van der Waals surface area contributed by atoms with Crippen LogP contribution in [0.15, 0.2) is 36.5 Å². The fourth-order valence-corrected chi connectivity index (χ4v) is 2.98. The first-order valence-corrected chi connectivity index (χ1v) is 9.29.